The van der Waals surface area contributed by atoms with Gasteiger partial charge in [-0.15, -0.1) is 0 Å². The van der Waals surface area contributed by atoms with Crippen molar-refractivity contribution in [1.82, 2.24) is 0 Å². The van der Waals surface area contributed by atoms with Crippen molar-refractivity contribution in [2.24, 2.45) is 5.73 Å². The van der Waals surface area contributed by atoms with Gasteiger partial charge in [-0.1, -0.05) is 72.8 Å². The van der Waals surface area contributed by atoms with Crippen molar-refractivity contribution >= 4 is 17.6 Å². The fraction of sp³-hybridized carbons (Fsp3) is 0.233. The Hall–Kier alpha value is -4.25. The first-order valence-electron chi connectivity index (χ1n) is 12.0. The van der Waals surface area contributed by atoms with E-state index in [2.05, 4.69) is 12.6 Å². The van der Waals surface area contributed by atoms with Crippen molar-refractivity contribution in [2.75, 3.05) is 18.1 Å². The zero-order valence-electron chi connectivity index (χ0n) is 20.9. The van der Waals surface area contributed by atoms with Gasteiger partial charge in [-0.25, -0.2) is 4.79 Å². The number of benzene rings is 3. The molecule has 0 aliphatic carbocycles. The van der Waals surface area contributed by atoms with E-state index in [9.17, 15) is 14.9 Å². The molecule has 2 atom stereocenters. The number of rotatable bonds is 12. The van der Waals surface area contributed by atoms with Gasteiger partial charge < -0.3 is 15.2 Å². The average Bonchev–Trinajstić information content (AvgIpc) is 2.91. The molecule has 0 aliphatic heterocycles. The Bertz CT molecular complexity index is 1250. The van der Waals surface area contributed by atoms with Crippen molar-refractivity contribution in [3.05, 3.63) is 114 Å². The molecule has 1 amide bonds. The first kappa shape index (κ1) is 27.3. The van der Waals surface area contributed by atoms with E-state index >= 15 is 0 Å². The smallest absolute Gasteiger partial charge is 0.338 e. The van der Waals surface area contributed by atoms with Crippen LogP contribution in [0, 0.1) is 18.3 Å². The standard InChI is InChI=1S/C30H31N3O4/c1-3-15-37-30(35)25-12-8-11-24(17-25)20-36-21-27(19-31)33(26-13-5-4-6-14-26)29(34)28(32)18-23-10-7-9-22(2)16-23/h3-14,16-17,27-28H,1,15,18,20-21,32H2,2H3/t27?,28-/m0/s1. The maximum absolute atomic E-state index is 13.5. The largest absolute Gasteiger partial charge is 0.458 e. The van der Waals surface area contributed by atoms with Crippen molar-refractivity contribution in [2.45, 2.75) is 32.0 Å². The topological polar surface area (TPSA) is 106 Å². The van der Waals surface area contributed by atoms with Crippen LogP contribution in [0.1, 0.15) is 27.0 Å². The van der Waals surface area contributed by atoms with Crippen LogP contribution >= 0.6 is 0 Å². The van der Waals surface area contributed by atoms with E-state index in [0.717, 1.165) is 16.7 Å². The van der Waals surface area contributed by atoms with E-state index in [1.165, 1.54) is 11.0 Å². The Balaban J connectivity index is 1.72. The summed E-state index contributed by atoms with van der Waals surface area (Å²) >= 11 is 0. The van der Waals surface area contributed by atoms with Crippen LogP contribution in [0.2, 0.25) is 0 Å². The Morgan fingerprint density at radius 2 is 1.78 bits per heavy atom. The van der Waals surface area contributed by atoms with Crippen LogP contribution < -0.4 is 10.6 Å². The quantitative estimate of drug-likeness (QED) is 0.295. The molecule has 0 aliphatic rings. The van der Waals surface area contributed by atoms with E-state index < -0.39 is 18.1 Å². The van der Waals surface area contributed by atoms with E-state index in [0.29, 0.717) is 17.7 Å². The third-order valence-corrected chi connectivity index (χ3v) is 5.63. The summed E-state index contributed by atoms with van der Waals surface area (Å²) in [5, 5.41) is 9.98. The fourth-order valence-electron chi connectivity index (χ4n) is 3.87. The van der Waals surface area contributed by atoms with Crippen molar-refractivity contribution < 1.29 is 19.1 Å². The van der Waals surface area contributed by atoms with Gasteiger partial charge in [-0.05, 0) is 48.7 Å². The summed E-state index contributed by atoms with van der Waals surface area (Å²) in [4.78, 5) is 27.0. The van der Waals surface area contributed by atoms with Crippen LogP contribution in [0.5, 0.6) is 0 Å². The molecule has 3 rings (SSSR count). The van der Waals surface area contributed by atoms with Gasteiger partial charge in [0.2, 0.25) is 5.91 Å². The number of esters is 1. The van der Waals surface area contributed by atoms with Gasteiger partial charge in [0, 0.05) is 5.69 Å². The van der Waals surface area contributed by atoms with Crippen LogP contribution in [0.3, 0.4) is 0 Å². The lowest BCUT2D eigenvalue weighted by molar-refractivity contribution is -0.120. The number of amides is 1. The van der Waals surface area contributed by atoms with E-state index in [-0.39, 0.29) is 25.7 Å². The van der Waals surface area contributed by atoms with Crippen LogP contribution in [0.15, 0.2) is 91.5 Å². The Morgan fingerprint density at radius 1 is 1.05 bits per heavy atom. The number of nitrogens with two attached hydrogens (primary N) is 1. The van der Waals surface area contributed by atoms with Crippen molar-refractivity contribution in [3.8, 4) is 6.07 Å². The van der Waals surface area contributed by atoms with Gasteiger partial charge in [-0.3, -0.25) is 9.69 Å². The summed E-state index contributed by atoms with van der Waals surface area (Å²) in [6.45, 7) is 5.74. The highest BCUT2D eigenvalue weighted by atomic mass is 16.5. The summed E-state index contributed by atoms with van der Waals surface area (Å²) < 4.78 is 10.9. The maximum atomic E-state index is 13.5. The molecule has 0 saturated heterocycles. The molecule has 0 fully saturated rings. The molecule has 3 aromatic carbocycles. The van der Waals surface area contributed by atoms with Crippen LogP contribution in [-0.2, 0) is 27.3 Å². The Kier molecular flexibility index (Phi) is 10.1. The highest BCUT2D eigenvalue weighted by Gasteiger charge is 2.29. The molecule has 0 bridgehead atoms. The molecule has 7 heteroatoms. The Morgan fingerprint density at radius 3 is 2.49 bits per heavy atom. The minimum Gasteiger partial charge on any atom is -0.458 e. The molecule has 1 unspecified atom stereocenters. The molecule has 190 valence electrons. The number of ether oxygens (including phenoxy) is 2. The van der Waals surface area contributed by atoms with Gasteiger partial charge in [0.15, 0.2) is 0 Å². The first-order chi connectivity index (χ1) is 17.9. The number of carbonyl (C=O) groups excluding carboxylic acids is 2. The number of para-hydroxylation sites is 1. The molecule has 7 nitrogen and oxygen atoms in total. The van der Waals surface area contributed by atoms with Crippen LogP contribution in [0.4, 0.5) is 5.69 Å². The van der Waals surface area contributed by atoms with E-state index in [1.807, 2.05) is 43.3 Å². The SMILES string of the molecule is C=CCOC(=O)c1cccc(COCC(C#N)N(C(=O)[C@@H](N)Cc2cccc(C)c2)c2ccccc2)c1. The predicted octanol–water partition coefficient (Wildman–Crippen LogP) is 4.35. The molecular formula is C30H31N3O4. The third kappa shape index (κ3) is 7.87. The predicted molar refractivity (Wildman–Crippen MR) is 143 cm³/mol. The number of aryl methyl sites for hydroxylation is 1. The number of hydrogen-bond donors (Lipinski definition) is 1. The van der Waals surface area contributed by atoms with Gasteiger partial charge in [0.05, 0.1) is 30.9 Å². The summed E-state index contributed by atoms with van der Waals surface area (Å²) in [7, 11) is 0. The van der Waals surface area contributed by atoms with Crippen LogP contribution in [-0.4, -0.2) is 37.2 Å². The minimum absolute atomic E-state index is 0.0422. The first-order valence-corrected chi connectivity index (χ1v) is 12.0. The molecule has 0 saturated carbocycles. The Labute approximate surface area is 217 Å². The lowest BCUT2D eigenvalue weighted by Gasteiger charge is -2.30. The second-order valence-corrected chi connectivity index (χ2v) is 8.59. The maximum Gasteiger partial charge on any atom is 0.338 e. The molecule has 0 aromatic heterocycles. The van der Waals surface area contributed by atoms with Crippen LogP contribution in [0.25, 0.3) is 0 Å². The summed E-state index contributed by atoms with van der Waals surface area (Å²) in [6, 6.07) is 24.1. The zero-order chi connectivity index (χ0) is 26.6. The highest BCUT2D eigenvalue weighted by Crippen LogP contribution is 2.20. The molecule has 0 spiro atoms. The summed E-state index contributed by atoms with van der Waals surface area (Å²) in [6.07, 6.45) is 1.84. The number of anilines is 1. The second kappa shape index (κ2) is 13.7. The highest BCUT2D eigenvalue weighted by molar-refractivity contribution is 5.98. The average molecular weight is 498 g/mol. The molecule has 37 heavy (non-hydrogen) atoms. The normalized spacial score (nSPS) is 12.1. The van der Waals surface area contributed by atoms with Crippen molar-refractivity contribution in [1.29, 1.82) is 5.26 Å². The third-order valence-electron chi connectivity index (χ3n) is 5.63. The summed E-state index contributed by atoms with van der Waals surface area (Å²) in [5.41, 5.74) is 10.1. The van der Waals surface area contributed by atoms with Gasteiger partial charge in [0.1, 0.15) is 12.6 Å². The molecule has 3 aromatic rings. The molecule has 0 heterocycles. The number of carbonyl (C=O) groups is 2. The molecule has 2 N–H and O–H groups in total. The molecule has 0 radical (unpaired) electrons. The second-order valence-electron chi connectivity index (χ2n) is 8.59. The molecular weight excluding hydrogens is 466 g/mol. The summed E-state index contributed by atoms with van der Waals surface area (Å²) in [5.74, 6) is -0.824. The van der Waals surface area contributed by atoms with Gasteiger partial charge in [0.25, 0.3) is 0 Å². The lowest BCUT2D eigenvalue weighted by Crippen LogP contribution is -2.51. The van der Waals surface area contributed by atoms with Crippen molar-refractivity contribution in [3.63, 3.8) is 0 Å². The lowest BCUT2D eigenvalue weighted by atomic mass is 10.0. The minimum atomic E-state index is -0.904. The van der Waals surface area contributed by atoms with E-state index in [4.69, 9.17) is 15.2 Å². The number of nitrogens with zero attached hydrogens (tertiary/aromatic N) is 2. The monoisotopic (exact) mass is 497 g/mol. The zero-order valence-corrected chi connectivity index (χ0v) is 20.9. The van der Waals surface area contributed by atoms with Gasteiger partial charge >= 0.3 is 5.97 Å². The number of nitriles is 1. The van der Waals surface area contributed by atoms with E-state index in [1.54, 1.807) is 42.5 Å². The fourth-order valence-corrected chi connectivity index (χ4v) is 3.87. The number of hydrogen-bond acceptors (Lipinski definition) is 6. The van der Waals surface area contributed by atoms with Gasteiger partial charge in [-0.2, -0.15) is 5.26 Å².